The van der Waals surface area contributed by atoms with Crippen LogP contribution in [0, 0.1) is 0 Å². The van der Waals surface area contributed by atoms with Crippen molar-refractivity contribution in [2.45, 2.75) is 50.8 Å². The number of carbonyl (C=O) groups is 2. The van der Waals surface area contributed by atoms with Crippen LogP contribution in [-0.4, -0.2) is 37.2 Å². The van der Waals surface area contributed by atoms with Crippen molar-refractivity contribution in [1.29, 1.82) is 0 Å². The van der Waals surface area contributed by atoms with E-state index in [1.54, 1.807) is 13.8 Å². The molecule has 0 bridgehead atoms. The largest absolute Gasteiger partial charge is 0.345 e. The fraction of sp³-hybridized carbons (Fsp3) is 0.818. The molecule has 0 spiro atoms. The molecule has 1 amide bonds. The van der Waals surface area contributed by atoms with Crippen molar-refractivity contribution in [3.63, 3.8) is 0 Å². The van der Waals surface area contributed by atoms with E-state index in [1.807, 2.05) is 0 Å². The highest BCUT2D eigenvalue weighted by atomic mass is 32.2. The lowest BCUT2D eigenvalue weighted by atomic mass is 10.1. The molecule has 1 aliphatic heterocycles. The Kier molecular flexibility index (Phi) is 4.68. The maximum Gasteiger partial charge on any atom is 0.238 e. The summed E-state index contributed by atoms with van der Waals surface area (Å²) < 4.78 is 23.4. The van der Waals surface area contributed by atoms with E-state index in [4.69, 9.17) is 0 Å². The second-order valence-corrected chi connectivity index (χ2v) is 6.70. The lowest BCUT2D eigenvalue weighted by molar-refractivity contribution is -0.127. The minimum atomic E-state index is -3.32. The average Bonchev–Trinajstić information content (AvgIpc) is 2.26. The summed E-state index contributed by atoms with van der Waals surface area (Å²) in [7, 11) is -3.32. The number of amides is 1. The smallest absolute Gasteiger partial charge is 0.238 e. The summed E-state index contributed by atoms with van der Waals surface area (Å²) >= 11 is 0. The van der Waals surface area contributed by atoms with E-state index in [-0.39, 0.29) is 11.5 Å². The summed E-state index contributed by atoms with van der Waals surface area (Å²) in [5.41, 5.74) is 0. The Morgan fingerprint density at radius 2 is 2.00 bits per heavy atom. The third-order valence-electron chi connectivity index (χ3n) is 3.06. The van der Waals surface area contributed by atoms with Gasteiger partial charge in [0.2, 0.25) is 5.91 Å². The highest BCUT2D eigenvalue weighted by molar-refractivity contribution is 7.92. The average molecular weight is 261 g/mol. The summed E-state index contributed by atoms with van der Waals surface area (Å²) in [4.78, 5) is 23.1. The summed E-state index contributed by atoms with van der Waals surface area (Å²) in [5, 5.41) is 1.52. The van der Waals surface area contributed by atoms with Gasteiger partial charge in [-0.25, -0.2) is 8.42 Å². The van der Waals surface area contributed by atoms with Gasteiger partial charge in [-0.3, -0.25) is 9.59 Å². The van der Waals surface area contributed by atoms with Gasteiger partial charge < -0.3 is 5.32 Å². The lowest BCUT2D eigenvalue weighted by Crippen LogP contribution is -2.48. The fourth-order valence-electron chi connectivity index (χ4n) is 1.94. The Morgan fingerprint density at radius 1 is 1.35 bits per heavy atom. The zero-order chi connectivity index (χ0) is 13.1. The van der Waals surface area contributed by atoms with Gasteiger partial charge in [0.25, 0.3) is 0 Å². The number of nitrogens with one attached hydrogen (secondary N) is 1. The standard InChI is InChI=1S/C11H19NO4S/c1-3-9(13)8(2)12-11(14)10-6-4-5-7-17(10,15)16/h8,10H,3-7H2,1-2H3,(H,12,14). The van der Waals surface area contributed by atoms with Crippen LogP contribution < -0.4 is 5.32 Å². The highest BCUT2D eigenvalue weighted by Crippen LogP contribution is 2.19. The zero-order valence-corrected chi connectivity index (χ0v) is 11.0. The number of Topliss-reactive ketones (excluding diaryl/α,β-unsaturated/α-hetero) is 1. The van der Waals surface area contributed by atoms with Crippen LogP contribution in [0.25, 0.3) is 0 Å². The molecular formula is C11H19NO4S. The number of hydrogen-bond donors (Lipinski definition) is 1. The number of hydrogen-bond acceptors (Lipinski definition) is 4. The van der Waals surface area contributed by atoms with E-state index in [9.17, 15) is 18.0 Å². The van der Waals surface area contributed by atoms with E-state index in [0.717, 1.165) is 6.42 Å². The Morgan fingerprint density at radius 3 is 2.53 bits per heavy atom. The normalized spacial score (nSPS) is 24.9. The van der Waals surface area contributed by atoms with E-state index >= 15 is 0 Å². The number of ketones is 1. The van der Waals surface area contributed by atoms with Crippen LogP contribution in [0.5, 0.6) is 0 Å². The maximum atomic E-state index is 11.8. The molecule has 0 saturated carbocycles. The predicted molar refractivity (Wildman–Crippen MR) is 64.3 cm³/mol. The van der Waals surface area contributed by atoms with Gasteiger partial charge in [0.05, 0.1) is 11.8 Å². The molecule has 2 unspecified atom stereocenters. The Balaban J connectivity index is 2.67. The van der Waals surface area contributed by atoms with Crippen LogP contribution in [0.2, 0.25) is 0 Å². The van der Waals surface area contributed by atoms with Crippen molar-refractivity contribution in [1.82, 2.24) is 5.32 Å². The van der Waals surface area contributed by atoms with E-state index in [2.05, 4.69) is 5.32 Å². The second kappa shape index (κ2) is 5.62. The van der Waals surface area contributed by atoms with Gasteiger partial charge in [-0.2, -0.15) is 0 Å². The third kappa shape index (κ3) is 3.52. The SMILES string of the molecule is CCC(=O)C(C)NC(=O)C1CCCCS1(=O)=O. The minimum Gasteiger partial charge on any atom is -0.345 e. The first-order valence-corrected chi connectivity index (χ1v) is 7.64. The summed E-state index contributed by atoms with van der Waals surface area (Å²) in [6, 6.07) is -0.607. The Hall–Kier alpha value is -0.910. The molecular weight excluding hydrogens is 242 g/mol. The van der Waals surface area contributed by atoms with Crippen molar-refractivity contribution in [2.75, 3.05) is 5.75 Å². The molecule has 1 N–H and O–H groups in total. The first-order valence-electron chi connectivity index (χ1n) is 5.93. The Labute approximate surface area is 102 Å². The lowest BCUT2D eigenvalue weighted by Gasteiger charge is -2.23. The van der Waals surface area contributed by atoms with Crippen LogP contribution in [0.1, 0.15) is 39.5 Å². The van der Waals surface area contributed by atoms with Crippen LogP contribution in [0.3, 0.4) is 0 Å². The molecule has 6 heteroatoms. The molecule has 0 aromatic rings. The van der Waals surface area contributed by atoms with E-state index < -0.39 is 27.0 Å². The molecule has 1 aliphatic rings. The van der Waals surface area contributed by atoms with Crippen molar-refractivity contribution in [3.8, 4) is 0 Å². The minimum absolute atomic E-state index is 0.0706. The Bertz CT molecular complexity index is 402. The van der Waals surface area contributed by atoms with Crippen molar-refractivity contribution >= 4 is 21.5 Å². The molecule has 2 atom stereocenters. The quantitative estimate of drug-likeness (QED) is 0.796. The van der Waals surface area contributed by atoms with Crippen molar-refractivity contribution in [3.05, 3.63) is 0 Å². The van der Waals surface area contributed by atoms with Crippen LogP contribution in [0.4, 0.5) is 0 Å². The number of carbonyl (C=O) groups excluding carboxylic acids is 2. The second-order valence-electron chi connectivity index (χ2n) is 4.40. The number of rotatable bonds is 4. The van der Waals surface area contributed by atoms with Crippen LogP contribution in [0.15, 0.2) is 0 Å². The molecule has 1 rings (SSSR count). The van der Waals surface area contributed by atoms with Gasteiger partial charge in [0.15, 0.2) is 15.6 Å². The molecule has 0 aromatic carbocycles. The van der Waals surface area contributed by atoms with Crippen LogP contribution in [-0.2, 0) is 19.4 Å². The van der Waals surface area contributed by atoms with Crippen molar-refractivity contribution in [2.24, 2.45) is 0 Å². The van der Waals surface area contributed by atoms with Gasteiger partial charge in [-0.1, -0.05) is 13.3 Å². The highest BCUT2D eigenvalue weighted by Gasteiger charge is 2.35. The molecule has 17 heavy (non-hydrogen) atoms. The van der Waals surface area contributed by atoms with Gasteiger partial charge in [0.1, 0.15) is 5.25 Å². The van der Waals surface area contributed by atoms with Gasteiger partial charge in [-0.05, 0) is 19.8 Å². The van der Waals surface area contributed by atoms with Gasteiger partial charge >= 0.3 is 0 Å². The monoisotopic (exact) mass is 261 g/mol. The molecule has 1 fully saturated rings. The fourth-order valence-corrected chi connectivity index (χ4v) is 3.75. The topological polar surface area (TPSA) is 80.3 Å². The summed E-state index contributed by atoms with van der Waals surface area (Å²) in [6.07, 6.45) is 2.06. The zero-order valence-electron chi connectivity index (χ0n) is 10.2. The molecule has 0 aliphatic carbocycles. The summed E-state index contributed by atoms with van der Waals surface area (Å²) in [6.45, 7) is 3.29. The maximum absolute atomic E-state index is 11.8. The molecule has 1 saturated heterocycles. The van der Waals surface area contributed by atoms with Gasteiger partial charge in [0, 0.05) is 6.42 Å². The molecule has 0 radical (unpaired) electrons. The first kappa shape index (κ1) is 14.2. The predicted octanol–water partition coefficient (Wildman–Crippen LogP) is 0.437. The summed E-state index contributed by atoms with van der Waals surface area (Å²) in [5.74, 6) is -0.549. The molecule has 0 aromatic heterocycles. The third-order valence-corrected chi connectivity index (χ3v) is 5.24. The van der Waals surface area contributed by atoms with E-state index in [1.165, 1.54) is 0 Å². The van der Waals surface area contributed by atoms with Crippen molar-refractivity contribution < 1.29 is 18.0 Å². The first-order chi connectivity index (χ1) is 7.88. The van der Waals surface area contributed by atoms with E-state index in [0.29, 0.717) is 19.3 Å². The molecule has 98 valence electrons. The molecule has 5 nitrogen and oxygen atoms in total. The molecule has 1 heterocycles. The van der Waals surface area contributed by atoms with Gasteiger partial charge in [-0.15, -0.1) is 0 Å². The number of sulfone groups is 1. The van der Waals surface area contributed by atoms with Crippen LogP contribution >= 0.6 is 0 Å².